The van der Waals surface area contributed by atoms with E-state index in [0.717, 1.165) is 53.0 Å². The average molecular weight is 422 g/mol. The molecule has 1 heterocycles. The minimum Gasteiger partial charge on any atom is -0.497 e. The van der Waals surface area contributed by atoms with Crippen molar-refractivity contribution in [2.45, 2.75) is 32.2 Å². The SMILES string of the molecule is COc1ccc(C(=O)N[C@H]2C=C(Nc3cc(C)nc4ccc(Cl)cc34)CCC2)cc1. The Bertz CT molecular complexity index is 1110. The first kappa shape index (κ1) is 20.2. The molecule has 4 rings (SSSR count). The fourth-order valence-electron chi connectivity index (χ4n) is 3.74. The van der Waals surface area contributed by atoms with Gasteiger partial charge in [0.25, 0.3) is 5.91 Å². The van der Waals surface area contributed by atoms with Gasteiger partial charge in [0, 0.05) is 39.1 Å². The Hall–Kier alpha value is -3.05. The minimum atomic E-state index is -0.0860. The molecule has 6 heteroatoms. The number of hydrogen-bond donors (Lipinski definition) is 2. The maximum absolute atomic E-state index is 12.6. The monoisotopic (exact) mass is 421 g/mol. The highest BCUT2D eigenvalue weighted by Gasteiger charge is 2.18. The van der Waals surface area contributed by atoms with E-state index in [1.165, 1.54) is 0 Å². The molecule has 1 amide bonds. The Morgan fingerprint density at radius 1 is 1.17 bits per heavy atom. The van der Waals surface area contributed by atoms with Crippen LogP contribution in [0.25, 0.3) is 10.9 Å². The fourth-order valence-corrected chi connectivity index (χ4v) is 3.91. The second kappa shape index (κ2) is 8.76. The van der Waals surface area contributed by atoms with Gasteiger partial charge in [-0.1, -0.05) is 11.6 Å². The number of fused-ring (bicyclic) bond motifs is 1. The Morgan fingerprint density at radius 2 is 1.97 bits per heavy atom. The van der Waals surface area contributed by atoms with Gasteiger partial charge in [-0.05, 0) is 80.8 Å². The van der Waals surface area contributed by atoms with Gasteiger partial charge in [-0.3, -0.25) is 9.78 Å². The first-order chi connectivity index (χ1) is 14.5. The lowest BCUT2D eigenvalue weighted by molar-refractivity contribution is 0.0941. The van der Waals surface area contributed by atoms with Crippen LogP contribution in [0.1, 0.15) is 35.3 Å². The van der Waals surface area contributed by atoms with E-state index in [2.05, 4.69) is 21.7 Å². The van der Waals surface area contributed by atoms with Gasteiger partial charge in [0.1, 0.15) is 5.75 Å². The molecular weight excluding hydrogens is 398 g/mol. The number of ether oxygens (including phenoxy) is 1. The fraction of sp³-hybridized carbons (Fsp3) is 0.250. The topological polar surface area (TPSA) is 63.2 Å². The van der Waals surface area contributed by atoms with Gasteiger partial charge in [0.2, 0.25) is 0 Å². The van der Waals surface area contributed by atoms with Gasteiger partial charge in [-0.15, -0.1) is 0 Å². The summed E-state index contributed by atoms with van der Waals surface area (Å²) >= 11 is 6.21. The number of hydrogen-bond acceptors (Lipinski definition) is 4. The number of halogens is 1. The largest absolute Gasteiger partial charge is 0.497 e. The van der Waals surface area contributed by atoms with Crippen LogP contribution in [0.2, 0.25) is 5.02 Å². The van der Waals surface area contributed by atoms with Gasteiger partial charge < -0.3 is 15.4 Å². The number of methoxy groups -OCH3 is 1. The quantitative estimate of drug-likeness (QED) is 0.572. The van der Waals surface area contributed by atoms with E-state index < -0.39 is 0 Å². The van der Waals surface area contributed by atoms with Crippen LogP contribution in [0.15, 0.2) is 60.3 Å². The maximum Gasteiger partial charge on any atom is 0.251 e. The van der Waals surface area contributed by atoms with E-state index >= 15 is 0 Å². The lowest BCUT2D eigenvalue weighted by Gasteiger charge is -2.24. The predicted octanol–water partition coefficient (Wildman–Crippen LogP) is 5.48. The molecule has 0 fully saturated rings. The summed E-state index contributed by atoms with van der Waals surface area (Å²) in [5.41, 5.74) is 4.53. The molecule has 3 aromatic rings. The van der Waals surface area contributed by atoms with Crippen molar-refractivity contribution in [2.24, 2.45) is 0 Å². The molecule has 0 saturated heterocycles. The second-order valence-electron chi connectivity index (χ2n) is 7.49. The summed E-state index contributed by atoms with van der Waals surface area (Å²) < 4.78 is 5.15. The molecule has 0 unspecified atom stereocenters. The first-order valence-corrected chi connectivity index (χ1v) is 10.4. The molecule has 1 atom stereocenters. The van der Waals surface area contributed by atoms with Gasteiger partial charge >= 0.3 is 0 Å². The normalized spacial score (nSPS) is 16.1. The van der Waals surface area contributed by atoms with E-state index in [-0.39, 0.29) is 11.9 Å². The van der Waals surface area contributed by atoms with Crippen LogP contribution in [0.5, 0.6) is 5.75 Å². The molecule has 1 aromatic heterocycles. The summed E-state index contributed by atoms with van der Waals surface area (Å²) in [6, 6.07) is 14.9. The Labute approximate surface area is 181 Å². The molecule has 1 aliphatic rings. The van der Waals surface area contributed by atoms with Crippen molar-refractivity contribution < 1.29 is 9.53 Å². The van der Waals surface area contributed by atoms with Crippen LogP contribution in [0.4, 0.5) is 5.69 Å². The van der Waals surface area contributed by atoms with Gasteiger partial charge in [-0.2, -0.15) is 0 Å². The number of carbonyl (C=O) groups is 1. The lowest BCUT2D eigenvalue weighted by Crippen LogP contribution is -2.35. The predicted molar refractivity (Wildman–Crippen MR) is 121 cm³/mol. The molecule has 0 bridgehead atoms. The van der Waals surface area contributed by atoms with Crippen LogP contribution >= 0.6 is 11.6 Å². The Balaban J connectivity index is 1.52. The number of rotatable bonds is 5. The summed E-state index contributed by atoms with van der Waals surface area (Å²) in [5.74, 6) is 0.646. The van der Waals surface area contributed by atoms with Crippen molar-refractivity contribution in [1.82, 2.24) is 10.3 Å². The van der Waals surface area contributed by atoms with Gasteiger partial charge in [-0.25, -0.2) is 0 Å². The molecular formula is C24H24ClN3O2. The van der Waals surface area contributed by atoms with Gasteiger partial charge in [0.05, 0.1) is 12.6 Å². The van der Waals surface area contributed by atoms with Crippen LogP contribution in [0.3, 0.4) is 0 Å². The molecule has 0 radical (unpaired) electrons. The third-order valence-corrected chi connectivity index (χ3v) is 5.46. The van der Waals surface area contributed by atoms with Crippen molar-refractivity contribution in [1.29, 1.82) is 0 Å². The molecule has 1 aliphatic carbocycles. The standard InChI is InChI=1S/C24H24ClN3O2/c1-15-12-23(21-13-17(25)8-11-22(21)26-15)27-18-4-3-5-19(14-18)28-24(29)16-6-9-20(30-2)10-7-16/h6-14,19H,3-5H2,1-2H3,(H,26,27)(H,28,29)/t19-/m1/s1. The van der Waals surface area contributed by atoms with E-state index in [4.69, 9.17) is 16.3 Å². The molecule has 30 heavy (non-hydrogen) atoms. The Kier molecular flexibility index (Phi) is 5.91. The molecule has 0 aliphatic heterocycles. The molecule has 2 N–H and O–H groups in total. The van der Waals surface area contributed by atoms with E-state index in [1.807, 2.05) is 31.2 Å². The van der Waals surface area contributed by atoms with Gasteiger partial charge in [0.15, 0.2) is 0 Å². The number of pyridine rings is 1. The number of nitrogens with zero attached hydrogens (tertiary/aromatic N) is 1. The highest BCUT2D eigenvalue weighted by atomic mass is 35.5. The third kappa shape index (κ3) is 4.57. The Morgan fingerprint density at radius 3 is 2.73 bits per heavy atom. The summed E-state index contributed by atoms with van der Waals surface area (Å²) in [4.78, 5) is 17.2. The zero-order chi connectivity index (χ0) is 21.1. The lowest BCUT2D eigenvalue weighted by atomic mass is 9.99. The molecule has 0 spiro atoms. The van der Waals surface area contributed by atoms with Crippen molar-refractivity contribution in [2.75, 3.05) is 12.4 Å². The van der Waals surface area contributed by atoms with Crippen molar-refractivity contribution in [3.63, 3.8) is 0 Å². The summed E-state index contributed by atoms with van der Waals surface area (Å²) in [6.07, 6.45) is 4.94. The van der Waals surface area contributed by atoms with Crippen molar-refractivity contribution >= 4 is 34.1 Å². The molecule has 5 nitrogen and oxygen atoms in total. The third-order valence-electron chi connectivity index (χ3n) is 5.23. The first-order valence-electron chi connectivity index (χ1n) is 10.0. The molecule has 2 aromatic carbocycles. The highest BCUT2D eigenvalue weighted by molar-refractivity contribution is 6.31. The summed E-state index contributed by atoms with van der Waals surface area (Å²) in [7, 11) is 1.61. The van der Waals surface area contributed by atoms with Crippen LogP contribution in [-0.2, 0) is 0 Å². The number of amides is 1. The minimum absolute atomic E-state index is 0.0198. The molecule has 0 saturated carbocycles. The zero-order valence-corrected chi connectivity index (χ0v) is 17.8. The summed E-state index contributed by atoms with van der Waals surface area (Å²) in [5, 5.41) is 8.32. The number of anilines is 1. The van der Waals surface area contributed by atoms with Crippen LogP contribution < -0.4 is 15.4 Å². The van der Waals surface area contributed by atoms with E-state index in [0.29, 0.717) is 10.6 Å². The maximum atomic E-state index is 12.6. The van der Waals surface area contributed by atoms with Crippen molar-refractivity contribution in [3.05, 3.63) is 76.6 Å². The number of nitrogens with one attached hydrogen (secondary N) is 2. The smallest absolute Gasteiger partial charge is 0.251 e. The average Bonchev–Trinajstić information content (AvgIpc) is 2.74. The van der Waals surface area contributed by atoms with E-state index in [9.17, 15) is 4.79 Å². The van der Waals surface area contributed by atoms with Crippen LogP contribution in [0, 0.1) is 6.92 Å². The number of aromatic nitrogens is 1. The number of carbonyl (C=O) groups excluding carboxylic acids is 1. The van der Waals surface area contributed by atoms with Crippen molar-refractivity contribution in [3.8, 4) is 5.75 Å². The number of benzene rings is 2. The number of allylic oxidation sites excluding steroid dienone is 1. The summed E-state index contributed by atoms with van der Waals surface area (Å²) in [6.45, 7) is 1.98. The molecule has 154 valence electrons. The van der Waals surface area contributed by atoms with E-state index in [1.54, 1.807) is 31.4 Å². The zero-order valence-electron chi connectivity index (χ0n) is 17.0. The number of aryl methyl sites for hydroxylation is 1. The van der Waals surface area contributed by atoms with Crippen LogP contribution in [-0.4, -0.2) is 24.0 Å². The second-order valence-corrected chi connectivity index (χ2v) is 7.93. The highest BCUT2D eigenvalue weighted by Crippen LogP contribution is 2.29.